The zero-order valence-corrected chi connectivity index (χ0v) is 31.8. The minimum absolute atomic E-state index is 0.0657. The predicted octanol–water partition coefficient (Wildman–Crippen LogP) is 7.86. The normalized spacial score (nSPS) is 17.6. The molecule has 2 heterocycles. The highest BCUT2D eigenvalue weighted by atomic mass is 32.2. The van der Waals surface area contributed by atoms with E-state index >= 15 is 0 Å². The first-order valence-electron chi connectivity index (χ1n) is 18.1. The number of nitrogens with two attached hydrogens (primary N) is 1. The molecule has 1 aliphatic carbocycles. The summed E-state index contributed by atoms with van der Waals surface area (Å²) in [5, 5.41) is 0.538. The molecule has 2 fully saturated rings. The van der Waals surface area contributed by atoms with E-state index in [4.69, 9.17) is 24.2 Å². The molecule has 1 saturated heterocycles. The Balaban J connectivity index is 1.41. The van der Waals surface area contributed by atoms with E-state index in [0.29, 0.717) is 35.3 Å². The number of amides is 1. The van der Waals surface area contributed by atoms with Crippen molar-refractivity contribution in [2.24, 2.45) is 17.6 Å². The van der Waals surface area contributed by atoms with E-state index in [0.717, 1.165) is 29.5 Å². The minimum Gasteiger partial charge on any atom is -0.460 e. The van der Waals surface area contributed by atoms with Gasteiger partial charge in [-0.1, -0.05) is 56.3 Å². The lowest BCUT2D eigenvalue weighted by atomic mass is 9.77. The minimum atomic E-state index is -3.87. The summed E-state index contributed by atoms with van der Waals surface area (Å²) in [6, 6.07) is 19.5. The number of halogens is 1. The van der Waals surface area contributed by atoms with Crippen LogP contribution in [0.15, 0.2) is 71.1 Å². The standard InChI is InChI=1S/C40H50BFN2O7S/c1-26(2)25-52(46,47)44(22-29(24-48-23-28-10-8-7-9-11-28)21-41-50-39(3,4)40(5,6)51-41)34-20-35-33(19-32(34)30-14-15-30)37(38(43)45)36(49-35)18-27-12-16-31(42)17-13-27/h7-13,16-17,19-20,26,29-30H,14-15,18,21-25H2,1-6H3,(H2,43,45). The molecular formula is C40H50BFN2O7S. The molecule has 4 aromatic rings. The Morgan fingerprint density at radius 2 is 1.65 bits per heavy atom. The lowest BCUT2D eigenvalue weighted by Crippen LogP contribution is -2.41. The molecule has 1 aliphatic heterocycles. The molecule has 278 valence electrons. The number of anilines is 1. The molecule has 2 aliphatic rings. The third-order valence-corrected chi connectivity index (χ3v) is 12.4. The average molecular weight is 733 g/mol. The van der Waals surface area contributed by atoms with Gasteiger partial charge in [0, 0.05) is 24.4 Å². The number of hydrogen-bond donors (Lipinski definition) is 1. The van der Waals surface area contributed by atoms with Gasteiger partial charge in [-0.05, 0) is 99.5 Å². The van der Waals surface area contributed by atoms with Crippen LogP contribution in [0.1, 0.15) is 93.1 Å². The topological polar surface area (TPSA) is 121 Å². The van der Waals surface area contributed by atoms with Gasteiger partial charge in [-0.15, -0.1) is 0 Å². The van der Waals surface area contributed by atoms with E-state index in [1.165, 1.54) is 16.4 Å². The maximum absolute atomic E-state index is 14.5. The molecule has 1 unspecified atom stereocenters. The van der Waals surface area contributed by atoms with Crippen molar-refractivity contribution >= 4 is 39.7 Å². The maximum Gasteiger partial charge on any atom is 0.458 e. The number of sulfonamides is 1. The summed E-state index contributed by atoms with van der Waals surface area (Å²) in [4.78, 5) is 12.9. The number of furan rings is 1. The number of rotatable bonds is 16. The summed E-state index contributed by atoms with van der Waals surface area (Å²) in [7, 11) is -4.43. The summed E-state index contributed by atoms with van der Waals surface area (Å²) < 4.78 is 69.5. The number of benzene rings is 3. The summed E-state index contributed by atoms with van der Waals surface area (Å²) in [6.45, 7) is 12.5. The Bertz CT molecular complexity index is 1980. The summed E-state index contributed by atoms with van der Waals surface area (Å²) in [5.74, 6) is -1.07. The summed E-state index contributed by atoms with van der Waals surface area (Å²) in [5.41, 5.74) is 8.55. The van der Waals surface area contributed by atoms with Crippen LogP contribution >= 0.6 is 0 Å². The van der Waals surface area contributed by atoms with Gasteiger partial charge < -0.3 is 24.2 Å². The molecule has 1 saturated carbocycles. The molecule has 1 atom stereocenters. The molecule has 0 bridgehead atoms. The number of carbonyl (C=O) groups excluding carboxylic acids is 1. The number of carbonyl (C=O) groups is 1. The average Bonchev–Trinajstić information content (AvgIpc) is 3.80. The van der Waals surface area contributed by atoms with Crippen LogP contribution < -0.4 is 10.0 Å². The molecule has 1 aromatic heterocycles. The third kappa shape index (κ3) is 8.57. The van der Waals surface area contributed by atoms with Gasteiger partial charge in [-0.3, -0.25) is 9.10 Å². The molecule has 1 amide bonds. The Morgan fingerprint density at radius 1 is 1.00 bits per heavy atom. The van der Waals surface area contributed by atoms with E-state index in [9.17, 15) is 17.6 Å². The van der Waals surface area contributed by atoms with Crippen LogP contribution in [0.5, 0.6) is 0 Å². The van der Waals surface area contributed by atoms with Gasteiger partial charge in [0.25, 0.3) is 5.91 Å². The Kier molecular flexibility index (Phi) is 10.9. The Labute approximate surface area is 307 Å². The van der Waals surface area contributed by atoms with Gasteiger partial charge in [0.15, 0.2) is 0 Å². The molecule has 0 radical (unpaired) electrons. The second-order valence-corrected chi connectivity index (χ2v) is 17.7. The van der Waals surface area contributed by atoms with Crippen LogP contribution in [0.2, 0.25) is 6.32 Å². The van der Waals surface area contributed by atoms with Crippen LogP contribution in [0.4, 0.5) is 10.1 Å². The molecule has 3 aromatic carbocycles. The van der Waals surface area contributed by atoms with E-state index in [2.05, 4.69) is 0 Å². The molecule has 6 rings (SSSR count). The first-order chi connectivity index (χ1) is 24.5. The van der Waals surface area contributed by atoms with Crippen molar-refractivity contribution in [3.63, 3.8) is 0 Å². The van der Waals surface area contributed by atoms with Crippen molar-refractivity contribution in [1.82, 2.24) is 0 Å². The van der Waals surface area contributed by atoms with Crippen molar-refractivity contribution in [2.75, 3.05) is 23.2 Å². The first kappa shape index (κ1) is 38.0. The zero-order valence-electron chi connectivity index (χ0n) is 31.0. The molecule has 2 N–H and O–H groups in total. The van der Waals surface area contributed by atoms with E-state index in [1.54, 1.807) is 18.2 Å². The first-order valence-corrected chi connectivity index (χ1v) is 19.7. The fraction of sp³-hybridized carbons (Fsp3) is 0.475. The number of ether oxygens (including phenoxy) is 1. The summed E-state index contributed by atoms with van der Waals surface area (Å²) >= 11 is 0. The number of hydrogen-bond acceptors (Lipinski definition) is 7. The Hall–Kier alpha value is -3.71. The van der Waals surface area contributed by atoms with Gasteiger partial charge in [0.05, 0.1) is 41.4 Å². The van der Waals surface area contributed by atoms with Gasteiger partial charge in [0.2, 0.25) is 10.0 Å². The number of fused-ring (bicyclic) bond motifs is 1. The SMILES string of the molecule is CC(C)CS(=O)(=O)N(CC(COCc1ccccc1)CB1OC(C)(C)C(C)(C)O1)c1cc2oc(Cc3ccc(F)cc3)c(C(N)=O)c2cc1C1CC1. The van der Waals surface area contributed by atoms with Gasteiger partial charge in [-0.25, -0.2) is 12.8 Å². The van der Waals surface area contributed by atoms with Crippen LogP contribution in [-0.2, 0) is 37.1 Å². The second kappa shape index (κ2) is 15.0. The van der Waals surface area contributed by atoms with Gasteiger partial charge in [0.1, 0.15) is 17.2 Å². The largest absolute Gasteiger partial charge is 0.460 e. The van der Waals surface area contributed by atoms with E-state index < -0.39 is 34.3 Å². The van der Waals surface area contributed by atoms with Gasteiger partial charge >= 0.3 is 7.12 Å². The van der Waals surface area contributed by atoms with Gasteiger partial charge in [-0.2, -0.15) is 0 Å². The smallest absolute Gasteiger partial charge is 0.458 e. The van der Waals surface area contributed by atoms with Crippen molar-refractivity contribution in [2.45, 2.75) is 90.9 Å². The zero-order chi connectivity index (χ0) is 37.4. The van der Waals surface area contributed by atoms with E-state index in [-0.39, 0.29) is 54.5 Å². The molecule has 9 nitrogen and oxygen atoms in total. The fourth-order valence-electron chi connectivity index (χ4n) is 6.87. The number of primary amides is 1. The summed E-state index contributed by atoms with van der Waals surface area (Å²) in [6.07, 6.45) is 2.40. The van der Waals surface area contributed by atoms with Crippen molar-refractivity contribution < 1.29 is 36.1 Å². The van der Waals surface area contributed by atoms with Crippen molar-refractivity contribution in [1.29, 1.82) is 0 Å². The molecular weight excluding hydrogens is 682 g/mol. The van der Waals surface area contributed by atoms with Crippen LogP contribution in [0, 0.1) is 17.7 Å². The highest BCUT2D eigenvalue weighted by molar-refractivity contribution is 7.92. The monoisotopic (exact) mass is 732 g/mol. The van der Waals surface area contributed by atoms with Crippen LogP contribution in [0.3, 0.4) is 0 Å². The Morgan fingerprint density at radius 3 is 2.25 bits per heavy atom. The van der Waals surface area contributed by atoms with Crippen LogP contribution in [-0.4, -0.2) is 51.5 Å². The maximum atomic E-state index is 14.5. The quantitative estimate of drug-likeness (QED) is 0.117. The third-order valence-electron chi connectivity index (χ3n) is 10.3. The lowest BCUT2D eigenvalue weighted by molar-refractivity contribution is 0.00578. The number of nitrogens with zero attached hydrogens (tertiary/aromatic N) is 1. The van der Waals surface area contributed by atoms with Crippen molar-refractivity contribution in [3.8, 4) is 0 Å². The molecule has 0 spiro atoms. The molecule has 52 heavy (non-hydrogen) atoms. The highest BCUT2D eigenvalue weighted by Gasteiger charge is 2.51. The fourth-order valence-corrected chi connectivity index (χ4v) is 8.79. The highest BCUT2D eigenvalue weighted by Crippen LogP contribution is 2.48. The predicted molar refractivity (Wildman–Crippen MR) is 202 cm³/mol. The van der Waals surface area contributed by atoms with Crippen LogP contribution in [0.25, 0.3) is 11.0 Å². The van der Waals surface area contributed by atoms with Crippen molar-refractivity contribution in [3.05, 3.63) is 101 Å². The van der Waals surface area contributed by atoms with E-state index in [1.807, 2.05) is 77.9 Å². The lowest BCUT2D eigenvalue weighted by Gasteiger charge is -2.32. The molecule has 12 heteroatoms. The second-order valence-electron chi connectivity index (χ2n) is 15.7.